The highest BCUT2D eigenvalue weighted by Gasteiger charge is 2.30. The van der Waals surface area contributed by atoms with Gasteiger partial charge in [0.1, 0.15) is 0 Å². The summed E-state index contributed by atoms with van der Waals surface area (Å²) in [4.78, 5) is 4.30. The van der Waals surface area contributed by atoms with E-state index in [1.165, 1.54) is 6.07 Å². The number of nitrogens with one attached hydrogen (secondary N) is 1. The van der Waals surface area contributed by atoms with Gasteiger partial charge in [-0.1, -0.05) is 6.07 Å². The van der Waals surface area contributed by atoms with Gasteiger partial charge >= 0.3 is 6.18 Å². The minimum Gasteiger partial charge on any atom is -0.385 e. The van der Waals surface area contributed by atoms with Crippen LogP contribution in [-0.2, 0) is 12.6 Å². The van der Waals surface area contributed by atoms with Crippen LogP contribution in [-0.4, -0.2) is 11.5 Å². The number of halogens is 3. The van der Waals surface area contributed by atoms with Gasteiger partial charge in [-0.25, -0.2) is 4.98 Å². The molecule has 19 heavy (non-hydrogen) atoms. The Balaban J connectivity index is 1.93. The largest absolute Gasteiger partial charge is 0.416 e. The van der Waals surface area contributed by atoms with E-state index < -0.39 is 11.7 Å². The van der Waals surface area contributed by atoms with E-state index in [-0.39, 0.29) is 0 Å². The number of alkyl halides is 3. The molecule has 0 bridgehead atoms. The van der Waals surface area contributed by atoms with Crippen LogP contribution in [0.25, 0.3) is 0 Å². The molecule has 1 aromatic carbocycles. The maximum absolute atomic E-state index is 12.5. The first kappa shape index (κ1) is 13.9. The maximum Gasteiger partial charge on any atom is 0.416 e. The topological polar surface area (TPSA) is 24.9 Å². The molecule has 0 aliphatic rings. The highest BCUT2D eigenvalue weighted by molar-refractivity contribution is 7.09. The third-order valence-corrected chi connectivity index (χ3v) is 3.55. The fourth-order valence-corrected chi connectivity index (χ4v) is 2.41. The van der Waals surface area contributed by atoms with Crippen molar-refractivity contribution in [3.8, 4) is 0 Å². The number of hydrogen-bond acceptors (Lipinski definition) is 3. The molecular formula is C13H13F3N2S. The van der Waals surface area contributed by atoms with E-state index in [4.69, 9.17) is 0 Å². The lowest BCUT2D eigenvalue weighted by molar-refractivity contribution is -0.137. The van der Waals surface area contributed by atoms with Crippen molar-refractivity contribution in [1.82, 2.24) is 4.98 Å². The monoisotopic (exact) mass is 286 g/mol. The van der Waals surface area contributed by atoms with Crippen molar-refractivity contribution in [2.45, 2.75) is 19.5 Å². The van der Waals surface area contributed by atoms with Gasteiger partial charge in [0.15, 0.2) is 0 Å². The number of aryl methyl sites for hydroxylation is 1. The van der Waals surface area contributed by atoms with Gasteiger partial charge in [-0.2, -0.15) is 13.2 Å². The third-order valence-electron chi connectivity index (χ3n) is 2.52. The summed E-state index contributed by atoms with van der Waals surface area (Å²) in [5.74, 6) is 0. The fraction of sp³-hybridized carbons (Fsp3) is 0.308. The zero-order chi connectivity index (χ0) is 13.9. The Morgan fingerprint density at radius 2 is 2.11 bits per heavy atom. The average Bonchev–Trinajstić information content (AvgIpc) is 2.74. The Labute approximate surface area is 113 Å². The van der Waals surface area contributed by atoms with Gasteiger partial charge in [-0.05, 0) is 25.1 Å². The van der Waals surface area contributed by atoms with E-state index in [0.717, 1.165) is 22.8 Å². The van der Waals surface area contributed by atoms with Gasteiger partial charge in [0, 0.05) is 29.7 Å². The fourth-order valence-electron chi connectivity index (χ4n) is 1.64. The van der Waals surface area contributed by atoms with Crippen molar-refractivity contribution in [1.29, 1.82) is 0 Å². The summed E-state index contributed by atoms with van der Waals surface area (Å²) in [6.07, 6.45) is -3.60. The van der Waals surface area contributed by atoms with E-state index in [1.54, 1.807) is 17.4 Å². The molecule has 0 saturated heterocycles. The second-order valence-corrected chi connectivity index (χ2v) is 5.08. The van der Waals surface area contributed by atoms with Crippen molar-refractivity contribution in [2.24, 2.45) is 0 Å². The molecule has 2 rings (SSSR count). The van der Waals surface area contributed by atoms with Gasteiger partial charge in [0.05, 0.1) is 10.6 Å². The molecule has 0 amide bonds. The molecule has 2 nitrogen and oxygen atoms in total. The molecule has 0 aliphatic heterocycles. The van der Waals surface area contributed by atoms with Crippen LogP contribution in [0.5, 0.6) is 0 Å². The summed E-state index contributed by atoms with van der Waals surface area (Å²) >= 11 is 1.56. The predicted molar refractivity (Wildman–Crippen MR) is 70.5 cm³/mol. The van der Waals surface area contributed by atoms with Crippen molar-refractivity contribution in [2.75, 3.05) is 11.9 Å². The molecule has 0 saturated carbocycles. The minimum atomic E-state index is -4.30. The van der Waals surface area contributed by atoms with Gasteiger partial charge < -0.3 is 5.32 Å². The van der Waals surface area contributed by atoms with Gasteiger partial charge in [-0.3, -0.25) is 0 Å². The van der Waals surface area contributed by atoms with E-state index in [2.05, 4.69) is 10.3 Å². The molecule has 1 heterocycles. The molecule has 0 aliphatic carbocycles. The summed E-state index contributed by atoms with van der Waals surface area (Å²) in [5.41, 5.74) is 0.810. The number of nitrogens with zero attached hydrogens (tertiary/aromatic N) is 1. The first-order chi connectivity index (χ1) is 8.95. The molecule has 102 valence electrons. The van der Waals surface area contributed by atoms with Crippen LogP contribution in [0.4, 0.5) is 18.9 Å². The molecule has 0 fully saturated rings. The van der Waals surface area contributed by atoms with Crippen LogP contribution in [0.1, 0.15) is 16.3 Å². The van der Waals surface area contributed by atoms with Crippen molar-refractivity contribution in [3.05, 3.63) is 45.9 Å². The maximum atomic E-state index is 12.5. The Bertz CT molecular complexity index is 549. The van der Waals surface area contributed by atoms with Crippen molar-refractivity contribution >= 4 is 17.0 Å². The Morgan fingerprint density at radius 1 is 1.32 bits per heavy atom. The van der Waals surface area contributed by atoms with Gasteiger partial charge in [0.25, 0.3) is 0 Å². The summed E-state index contributed by atoms with van der Waals surface area (Å²) in [7, 11) is 0. The lowest BCUT2D eigenvalue weighted by atomic mass is 10.2. The quantitative estimate of drug-likeness (QED) is 0.914. The Morgan fingerprint density at radius 3 is 2.74 bits per heavy atom. The van der Waals surface area contributed by atoms with E-state index in [1.807, 2.05) is 12.3 Å². The number of anilines is 1. The third kappa shape index (κ3) is 3.96. The number of aromatic nitrogens is 1. The summed E-state index contributed by atoms with van der Waals surface area (Å²) in [5, 5.41) is 5.92. The lowest BCUT2D eigenvalue weighted by Crippen LogP contribution is -2.08. The van der Waals surface area contributed by atoms with Crippen LogP contribution in [0, 0.1) is 6.92 Å². The summed E-state index contributed by atoms with van der Waals surface area (Å²) < 4.78 is 37.6. The molecule has 1 aromatic heterocycles. The van der Waals surface area contributed by atoms with E-state index in [0.29, 0.717) is 18.7 Å². The predicted octanol–water partition coefficient (Wildman–Crippen LogP) is 4.12. The van der Waals surface area contributed by atoms with Crippen LogP contribution in [0.3, 0.4) is 0 Å². The SMILES string of the molecule is Cc1csc(CCNc2cccc(C(F)(F)F)c2)n1. The minimum absolute atomic E-state index is 0.475. The molecule has 2 aromatic rings. The van der Waals surface area contributed by atoms with Crippen molar-refractivity contribution < 1.29 is 13.2 Å². The number of benzene rings is 1. The molecule has 0 atom stereocenters. The van der Waals surface area contributed by atoms with Crippen LogP contribution in [0.2, 0.25) is 0 Å². The normalized spacial score (nSPS) is 11.6. The first-order valence-corrected chi connectivity index (χ1v) is 6.65. The first-order valence-electron chi connectivity index (χ1n) is 5.77. The van der Waals surface area contributed by atoms with E-state index >= 15 is 0 Å². The Kier molecular flexibility index (Phi) is 4.09. The zero-order valence-electron chi connectivity index (χ0n) is 10.3. The molecule has 6 heteroatoms. The smallest absolute Gasteiger partial charge is 0.385 e. The van der Waals surface area contributed by atoms with Crippen LogP contribution in [0.15, 0.2) is 29.6 Å². The van der Waals surface area contributed by atoms with Crippen LogP contribution >= 0.6 is 11.3 Å². The molecule has 0 radical (unpaired) electrons. The number of thiazole rings is 1. The number of hydrogen-bond donors (Lipinski definition) is 1. The number of rotatable bonds is 4. The zero-order valence-corrected chi connectivity index (χ0v) is 11.1. The molecule has 1 N–H and O–H groups in total. The second kappa shape index (κ2) is 5.61. The Hall–Kier alpha value is -1.56. The van der Waals surface area contributed by atoms with Crippen LogP contribution < -0.4 is 5.32 Å². The average molecular weight is 286 g/mol. The standard InChI is InChI=1S/C13H13F3N2S/c1-9-8-19-12(18-9)5-6-17-11-4-2-3-10(7-11)13(14,15)16/h2-4,7-8,17H,5-6H2,1H3. The molecule has 0 unspecified atom stereocenters. The molecule has 0 spiro atoms. The van der Waals surface area contributed by atoms with E-state index in [9.17, 15) is 13.2 Å². The highest BCUT2D eigenvalue weighted by atomic mass is 32.1. The summed E-state index contributed by atoms with van der Waals surface area (Å²) in [6, 6.07) is 5.21. The highest BCUT2D eigenvalue weighted by Crippen LogP contribution is 2.30. The van der Waals surface area contributed by atoms with Gasteiger partial charge in [0.2, 0.25) is 0 Å². The summed E-state index contributed by atoms with van der Waals surface area (Å²) in [6.45, 7) is 2.48. The van der Waals surface area contributed by atoms with Gasteiger partial charge in [-0.15, -0.1) is 11.3 Å². The second-order valence-electron chi connectivity index (χ2n) is 4.14. The lowest BCUT2D eigenvalue weighted by Gasteiger charge is -2.10. The van der Waals surface area contributed by atoms with Crippen molar-refractivity contribution in [3.63, 3.8) is 0 Å². The molecular weight excluding hydrogens is 273 g/mol.